The van der Waals surface area contributed by atoms with Gasteiger partial charge in [0.05, 0.1) is 6.54 Å². The minimum Gasteiger partial charge on any atom is -0.368 e. The molecule has 0 bridgehead atoms. The van der Waals surface area contributed by atoms with Crippen LogP contribution in [-0.4, -0.2) is 47.7 Å². The average molecular weight is 392 g/mol. The van der Waals surface area contributed by atoms with E-state index in [0.717, 1.165) is 37.6 Å². The number of aromatic nitrogens is 3. The molecule has 0 amide bonds. The van der Waals surface area contributed by atoms with Crippen LogP contribution >= 0.6 is 0 Å². The van der Waals surface area contributed by atoms with Crippen molar-refractivity contribution in [1.82, 2.24) is 15.0 Å². The molecule has 4 rings (SSSR count). The van der Waals surface area contributed by atoms with Crippen LogP contribution in [0, 0.1) is 0 Å². The molecule has 2 aromatic carbocycles. The number of hydrogen-bond donors (Lipinski definition) is 4. The Hall–Kier alpha value is -3.03. The largest absolute Gasteiger partial charge is 0.368 e. The predicted octanol–water partition coefficient (Wildman–Crippen LogP) is -0.276. The van der Waals surface area contributed by atoms with Gasteiger partial charge < -0.3 is 20.9 Å². The fourth-order valence-electron chi connectivity index (χ4n) is 3.80. The van der Waals surface area contributed by atoms with Gasteiger partial charge in [0.25, 0.3) is 0 Å². The molecule has 1 fully saturated rings. The SMILES string of the molecule is Nc1nc(C[NH+]2CC[NH+](CCc3ccccc3)CC2)nc(Nc2ccccc2)n1. The quantitative estimate of drug-likeness (QED) is 0.445. The maximum atomic E-state index is 5.92. The summed E-state index contributed by atoms with van der Waals surface area (Å²) in [5.74, 6) is 1.52. The van der Waals surface area contributed by atoms with Crippen molar-refractivity contribution < 1.29 is 9.80 Å². The van der Waals surface area contributed by atoms with Crippen molar-refractivity contribution in [3.63, 3.8) is 0 Å². The second kappa shape index (κ2) is 9.45. The third-order valence-electron chi connectivity index (χ3n) is 5.41. The summed E-state index contributed by atoms with van der Waals surface area (Å²) >= 11 is 0. The summed E-state index contributed by atoms with van der Waals surface area (Å²) in [6.07, 6.45) is 1.14. The molecule has 0 spiro atoms. The van der Waals surface area contributed by atoms with Gasteiger partial charge in [-0.2, -0.15) is 15.0 Å². The zero-order valence-corrected chi connectivity index (χ0v) is 16.6. The normalized spacial score (nSPS) is 19.0. The number of rotatable bonds is 7. The zero-order valence-electron chi connectivity index (χ0n) is 16.6. The number of benzene rings is 2. The molecule has 1 aliphatic heterocycles. The van der Waals surface area contributed by atoms with Crippen molar-refractivity contribution in [3.8, 4) is 0 Å². The minimum atomic E-state index is 0.264. The van der Waals surface area contributed by atoms with Crippen molar-refractivity contribution in [2.45, 2.75) is 13.0 Å². The van der Waals surface area contributed by atoms with E-state index in [1.54, 1.807) is 4.90 Å². The molecule has 7 nitrogen and oxygen atoms in total. The topological polar surface area (TPSA) is 85.6 Å². The van der Waals surface area contributed by atoms with Crippen LogP contribution in [0.2, 0.25) is 0 Å². The molecular formula is C22H29N7+2. The summed E-state index contributed by atoms with van der Waals surface area (Å²) in [6, 6.07) is 20.6. The number of hydrogen-bond acceptors (Lipinski definition) is 5. The lowest BCUT2D eigenvalue weighted by Crippen LogP contribution is -3.27. The third kappa shape index (κ3) is 5.73. The molecule has 3 aromatic rings. The number of quaternary nitrogens is 2. The highest BCUT2D eigenvalue weighted by Gasteiger charge is 2.24. The summed E-state index contributed by atoms with van der Waals surface area (Å²) in [5, 5.41) is 3.21. The summed E-state index contributed by atoms with van der Waals surface area (Å²) in [7, 11) is 0. The van der Waals surface area contributed by atoms with E-state index >= 15 is 0 Å². The third-order valence-corrected chi connectivity index (χ3v) is 5.41. The number of nitrogens with one attached hydrogen (secondary N) is 3. The van der Waals surface area contributed by atoms with Crippen LogP contribution in [0.1, 0.15) is 11.4 Å². The van der Waals surface area contributed by atoms with Crippen LogP contribution in [0.4, 0.5) is 17.6 Å². The van der Waals surface area contributed by atoms with Crippen LogP contribution in [-0.2, 0) is 13.0 Å². The molecular weight excluding hydrogens is 362 g/mol. The van der Waals surface area contributed by atoms with Gasteiger partial charge in [-0.05, 0) is 17.7 Å². The fraction of sp³-hybridized carbons (Fsp3) is 0.318. The first kappa shape index (κ1) is 19.3. The Labute approximate surface area is 171 Å². The van der Waals surface area contributed by atoms with E-state index in [-0.39, 0.29) is 5.95 Å². The molecule has 1 aliphatic rings. The van der Waals surface area contributed by atoms with E-state index in [1.165, 1.54) is 30.1 Å². The van der Waals surface area contributed by atoms with Gasteiger partial charge in [-0.1, -0.05) is 48.5 Å². The molecule has 7 heteroatoms. The Balaban J connectivity index is 1.29. The number of nitrogens with zero attached hydrogens (tertiary/aromatic N) is 3. The Kier molecular flexibility index (Phi) is 6.29. The molecule has 0 unspecified atom stereocenters. The van der Waals surface area contributed by atoms with Crippen molar-refractivity contribution >= 4 is 17.6 Å². The molecule has 29 heavy (non-hydrogen) atoms. The Bertz CT molecular complexity index is 894. The molecule has 5 N–H and O–H groups in total. The summed E-state index contributed by atoms with van der Waals surface area (Å²) in [4.78, 5) is 16.3. The van der Waals surface area contributed by atoms with Crippen molar-refractivity contribution in [2.24, 2.45) is 0 Å². The lowest BCUT2D eigenvalue weighted by atomic mass is 10.1. The smallest absolute Gasteiger partial charge is 0.232 e. The average Bonchev–Trinajstić information content (AvgIpc) is 2.74. The van der Waals surface area contributed by atoms with Gasteiger partial charge in [0.2, 0.25) is 11.9 Å². The Morgan fingerprint density at radius 2 is 1.45 bits per heavy atom. The molecule has 0 atom stereocenters. The first-order valence-corrected chi connectivity index (χ1v) is 10.3. The van der Waals surface area contributed by atoms with Crippen LogP contribution in [0.3, 0.4) is 0 Å². The van der Waals surface area contributed by atoms with Crippen molar-refractivity contribution in [1.29, 1.82) is 0 Å². The van der Waals surface area contributed by atoms with E-state index in [2.05, 4.69) is 50.6 Å². The van der Waals surface area contributed by atoms with Gasteiger partial charge in [-0.25, -0.2) is 0 Å². The Morgan fingerprint density at radius 3 is 2.17 bits per heavy atom. The van der Waals surface area contributed by atoms with E-state index in [4.69, 9.17) is 5.73 Å². The fourth-order valence-corrected chi connectivity index (χ4v) is 3.80. The van der Waals surface area contributed by atoms with Gasteiger partial charge in [0.15, 0.2) is 5.82 Å². The van der Waals surface area contributed by atoms with E-state index in [9.17, 15) is 0 Å². The standard InChI is InChI=1S/C22H27N7/c23-21-25-20(26-22(27-21)24-19-9-5-2-6-10-19)17-29-15-13-28(14-16-29)12-11-18-7-3-1-4-8-18/h1-10H,11-17H2,(H3,23,24,25,26,27)/p+2. The van der Waals surface area contributed by atoms with Gasteiger partial charge >= 0.3 is 0 Å². The van der Waals surface area contributed by atoms with Crippen LogP contribution < -0.4 is 20.9 Å². The second-order valence-corrected chi connectivity index (χ2v) is 7.59. The zero-order chi connectivity index (χ0) is 19.9. The van der Waals surface area contributed by atoms with E-state index in [0.29, 0.717) is 5.95 Å². The lowest BCUT2D eigenvalue weighted by molar-refractivity contribution is -1.02. The first-order valence-electron chi connectivity index (χ1n) is 10.3. The highest BCUT2D eigenvalue weighted by atomic mass is 15.3. The molecule has 0 aliphatic carbocycles. The Morgan fingerprint density at radius 1 is 0.793 bits per heavy atom. The van der Waals surface area contributed by atoms with Crippen molar-refractivity contribution in [2.75, 3.05) is 43.8 Å². The van der Waals surface area contributed by atoms with Gasteiger partial charge in [-0.3, -0.25) is 0 Å². The van der Waals surface area contributed by atoms with Crippen LogP contribution in [0.15, 0.2) is 60.7 Å². The number of nitrogens with two attached hydrogens (primary N) is 1. The molecule has 2 heterocycles. The van der Waals surface area contributed by atoms with E-state index in [1.807, 2.05) is 30.3 Å². The van der Waals surface area contributed by atoms with Gasteiger partial charge in [0.1, 0.15) is 32.7 Å². The summed E-state index contributed by atoms with van der Waals surface area (Å²) in [5.41, 5.74) is 8.28. The highest BCUT2D eigenvalue weighted by Crippen LogP contribution is 2.12. The summed E-state index contributed by atoms with van der Waals surface area (Å²) < 4.78 is 0. The minimum absolute atomic E-state index is 0.264. The molecule has 1 aromatic heterocycles. The number of anilines is 3. The van der Waals surface area contributed by atoms with Crippen LogP contribution in [0.5, 0.6) is 0 Å². The molecule has 150 valence electrons. The second-order valence-electron chi connectivity index (χ2n) is 7.59. The molecule has 1 saturated heterocycles. The number of nitrogen functional groups attached to an aromatic ring is 1. The maximum absolute atomic E-state index is 5.92. The molecule has 0 saturated carbocycles. The van der Waals surface area contributed by atoms with Gasteiger partial charge in [0, 0.05) is 12.1 Å². The van der Waals surface area contributed by atoms with E-state index < -0.39 is 0 Å². The van der Waals surface area contributed by atoms with Crippen LogP contribution in [0.25, 0.3) is 0 Å². The van der Waals surface area contributed by atoms with Gasteiger partial charge in [-0.15, -0.1) is 0 Å². The number of para-hydroxylation sites is 1. The summed E-state index contributed by atoms with van der Waals surface area (Å²) in [6.45, 7) is 6.58. The first-order chi connectivity index (χ1) is 14.2. The number of piperazine rings is 1. The predicted molar refractivity (Wildman–Crippen MR) is 114 cm³/mol. The molecule has 0 radical (unpaired) electrons. The monoisotopic (exact) mass is 391 g/mol. The van der Waals surface area contributed by atoms with Crippen molar-refractivity contribution in [3.05, 3.63) is 72.1 Å². The highest BCUT2D eigenvalue weighted by molar-refractivity contribution is 5.53. The lowest BCUT2D eigenvalue weighted by Gasteiger charge is -2.29. The maximum Gasteiger partial charge on any atom is 0.232 e.